The van der Waals surface area contributed by atoms with E-state index < -0.39 is 0 Å². The molecule has 0 aliphatic carbocycles. The van der Waals surface area contributed by atoms with Gasteiger partial charge in [-0.3, -0.25) is 4.79 Å². The molecule has 1 saturated heterocycles. The van der Waals surface area contributed by atoms with E-state index in [0.29, 0.717) is 6.42 Å². The number of carbonyl (C=O) groups is 1. The van der Waals surface area contributed by atoms with Crippen LogP contribution in [0, 0.1) is 0 Å². The third-order valence-electron chi connectivity index (χ3n) is 2.40. The van der Waals surface area contributed by atoms with Crippen LogP contribution in [-0.4, -0.2) is 22.6 Å². The van der Waals surface area contributed by atoms with Gasteiger partial charge < -0.3 is 10.0 Å². The van der Waals surface area contributed by atoms with Crippen molar-refractivity contribution < 1.29 is 9.90 Å². The largest absolute Gasteiger partial charge is 0.376 e. The molecule has 1 fully saturated rings. The van der Waals surface area contributed by atoms with Gasteiger partial charge in [-0.25, -0.2) is 0 Å². The summed E-state index contributed by atoms with van der Waals surface area (Å²) in [5.41, 5.74) is 1.09. The zero-order chi connectivity index (χ0) is 9.26. The Labute approximate surface area is 76.6 Å². The topological polar surface area (TPSA) is 40.5 Å². The normalized spacial score (nSPS) is 21.5. The van der Waals surface area contributed by atoms with Gasteiger partial charge in [-0.15, -0.1) is 0 Å². The molecule has 1 atom stereocenters. The number of carbonyl (C=O) groups excluding carboxylic acids is 1. The molecule has 1 heterocycles. The second-order valence-corrected chi connectivity index (χ2v) is 3.14. The van der Waals surface area contributed by atoms with Crippen LogP contribution in [0.25, 0.3) is 0 Å². The van der Waals surface area contributed by atoms with Crippen molar-refractivity contribution in [3.8, 4) is 0 Å². The number of amides is 1. The summed E-state index contributed by atoms with van der Waals surface area (Å²) >= 11 is 0. The molecule has 1 aliphatic heterocycles. The van der Waals surface area contributed by atoms with Gasteiger partial charge in [-0.2, -0.15) is 0 Å². The van der Waals surface area contributed by atoms with Crippen LogP contribution in [0.1, 0.15) is 18.0 Å². The Morgan fingerprint density at radius 1 is 1.38 bits per heavy atom. The molecule has 1 N–H and O–H groups in total. The molecule has 1 amide bonds. The van der Waals surface area contributed by atoms with E-state index >= 15 is 0 Å². The SMILES string of the molecule is O=C1C[C@H](c2ccccc2)N1CO. The van der Waals surface area contributed by atoms with Crippen molar-refractivity contribution in [3.05, 3.63) is 35.9 Å². The van der Waals surface area contributed by atoms with Crippen LogP contribution < -0.4 is 0 Å². The molecule has 2 rings (SSSR count). The molecule has 3 heteroatoms. The Morgan fingerprint density at radius 3 is 2.62 bits per heavy atom. The average Bonchev–Trinajstić information content (AvgIpc) is 2.16. The highest BCUT2D eigenvalue weighted by Crippen LogP contribution is 2.33. The molecule has 1 aromatic carbocycles. The first kappa shape index (κ1) is 8.26. The summed E-state index contributed by atoms with van der Waals surface area (Å²) < 4.78 is 0. The molecule has 0 spiro atoms. The molecule has 0 unspecified atom stereocenters. The molecule has 0 bridgehead atoms. The summed E-state index contributed by atoms with van der Waals surface area (Å²) in [6, 6.07) is 9.84. The van der Waals surface area contributed by atoms with Gasteiger partial charge in [0, 0.05) is 0 Å². The fourth-order valence-corrected chi connectivity index (χ4v) is 1.60. The molecular weight excluding hydrogens is 166 g/mol. The molecule has 13 heavy (non-hydrogen) atoms. The number of rotatable bonds is 2. The number of aliphatic hydroxyl groups excluding tert-OH is 1. The predicted molar refractivity (Wildman–Crippen MR) is 47.7 cm³/mol. The molecule has 0 aromatic heterocycles. The highest BCUT2D eigenvalue weighted by molar-refractivity contribution is 5.83. The van der Waals surface area contributed by atoms with E-state index in [-0.39, 0.29) is 18.7 Å². The van der Waals surface area contributed by atoms with Gasteiger partial charge in [0.1, 0.15) is 6.73 Å². The third kappa shape index (κ3) is 1.31. The first-order valence-corrected chi connectivity index (χ1v) is 4.28. The van der Waals surface area contributed by atoms with Gasteiger partial charge in [-0.05, 0) is 5.56 Å². The van der Waals surface area contributed by atoms with Crippen LogP contribution in [0.4, 0.5) is 0 Å². The standard InChI is InChI=1S/C10H11NO2/c12-7-11-9(6-10(11)13)8-4-2-1-3-5-8/h1-5,9,12H,6-7H2/t9-/m1/s1. The summed E-state index contributed by atoms with van der Waals surface area (Å²) in [7, 11) is 0. The maximum atomic E-state index is 11.0. The fourth-order valence-electron chi connectivity index (χ4n) is 1.60. The zero-order valence-electron chi connectivity index (χ0n) is 7.18. The lowest BCUT2D eigenvalue weighted by Crippen LogP contribution is -2.46. The van der Waals surface area contributed by atoms with Crippen LogP contribution in [0.5, 0.6) is 0 Å². The van der Waals surface area contributed by atoms with Crippen LogP contribution in [-0.2, 0) is 4.79 Å². The first-order valence-electron chi connectivity index (χ1n) is 4.28. The van der Waals surface area contributed by atoms with E-state index in [1.807, 2.05) is 30.3 Å². The second kappa shape index (κ2) is 3.18. The number of benzene rings is 1. The summed E-state index contributed by atoms with van der Waals surface area (Å²) in [4.78, 5) is 12.5. The van der Waals surface area contributed by atoms with E-state index in [0.717, 1.165) is 5.56 Å². The van der Waals surface area contributed by atoms with Gasteiger partial charge in [0.25, 0.3) is 0 Å². The monoisotopic (exact) mass is 177 g/mol. The van der Waals surface area contributed by atoms with Crippen molar-refractivity contribution in [2.45, 2.75) is 12.5 Å². The van der Waals surface area contributed by atoms with Crippen molar-refractivity contribution in [2.24, 2.45) is 0 Å². The van der Waals surface area contributed by atoms with Gasteiger partial charge in [-0.1, -0.05) is 30.3 Å². The quantitative estimate of drug-likeness (QED) is 0.682. The van der Waals surface area contributed by atoms with Crippen LogP contribution in [0.3, 0.4) is 0 Å². The van der Waals surface area contributed by atoms with Crippen LogP contribution in [0.2, 0.25) is 0 Å². The van der Waals surface area contributed by atoms with Crippen molar-refractivity contribution >= 4 is 5.91 Å². The van der Waals surface area contributed by atoms with E-state index in [1.165, 1.54) is 4.90 Å². The molecule has 3 nitrogen and oxygen atoms in total. The lowest BCUT2D eigenvalue weighted by Gasteiger charge is -2.39. The number of nitrogens with zero attached hydrogens (tertiary/aromatic N) is 1. The Kier molecular flexibility index (Phi) is 2.02. The average molecular weight is 177 g/mol. The lowest BCUT2D eigenvalue weighted by molar-refractivity contribution is -0.152. The molecule has 0 saturated carbocycles. The molecule has 1 aliphatic rings. The Hall–Kier alpha value is -1.35. The molecule has 0 radical (unpaired) electrons. The van der Waals surface area contributed by atoms with E-state index in [1.54, 1.807) is 0 Å². The molecular formula is C10H11NO2. The first-order chi connectivity index (χ1) is 6.33. The minimum Gasteiger partial charge on any atom is -0.376 e. The van der Waals surface area contributed by atoms with Crippen molar-refractivity contribution in [1.29, 1.82) is 0 Å². The van der Waals surface area contributed by atoms with Gasteiger partial charge in [0.2, 0.25) is 5.91 Å². The van der Waals surface area contributed by atoms with Crippen LogP contribution >= 0.6 is 0 Å². The zero-order valence-corrected chi connectivity index (χ0v) is 7.18. The lowest BCUT2D eigenvalue weighted by atomic mass is 9.95. The maximum Gasteiger partial charge on any atom is 0.227 e. The van der Waals surface area contributed by atoms with Crippen molar-refractivity contribution in [2.75, 3.05) is 6.73 Å². The number of β-lactam (4-membered cyclic amide) rings is 1. The fraction of sp³-hybridized carbons (Fsp3) is 0.300. The highest BCUT2D eigenvalue weighted by atomic mass is 16.3. The Balaban J connectivity index is 2.16. The van der Waals surface area contributed by atoms with E-state index in [4.69, 9.17) is 5.11 Å². The van der Waals surface area contributed by atoms with E-state index in [9.17, 15) is 4.79 Å². The highest BCUT2D eigenvalue weighted by Gasteiger charge is 2.36. The third-order valence-corrected chi connectivity index (χ3v) is 2.40. The summed E-state index contributed by atoms with van der Waals surface area (Å²) in [6.45, 7) is -0.182. The number of likely N-dealkylation sites (tertiary alicyclic amines) is 1. The van der Waals surface area contributed by atoms with Crippen LogP contribution in [0.15, 0.2) is 30.3 Å². The van der Waals surface area contributed by atoms with E-state index in [2.05, 4.69) is 0 Å². The summed E-state index contributed by atoms with van der Waals surface area (Å²) in [6.07, 6.45) is 0.518. The minimum atomic E-state index is -0.182. The molecule has 68 valence electrons. The van der Waals surface area contributed by atoms with Crippen molar-refractivity contribution in [1.82, 2.24) is 4.90 Å². The maximum absolute atomic E-state index is 11.0. The minimum absolute atomic E-state index is 0.0244. The van der Waals surface area contributed by atoms with Gasteiger partial charge in [0.05, 0.1) is 12.5 Å². The number of hydrogen-bond donors (Lipinski definition) is 1. The number of hydrogen-bond acceptors (Lipinski definition) is 2. The molecule has 1 aromatic rings. The van der Waals surface area contributed by atoms with Crippen molar-refractivity contribution in [3.63, 3.8) is 0 Å². The summed E-state index contributed by atoms with van der Waals surface area (Å²) in [5, 5.41) is 8.89. The number of aliphatic hydroxyl groups is 1. The Bertz CT molecular complexity index is 310. The summed E-state index contributed by atoms with van der Waals surface area (Å²) in [5.74, 6) is 0.0244. The second-order valence-electron chi connectivity index (χ2n) is 3.14. The smallest absolute Gasteiger partial charge is 0.227 e. The Morgan fingerprint density at radius 2 is 2.08 bits per heavy atom. The predicted octanol–water partition coefficient (Wildman–Crippen LogP) is 0.910. The van der Waals surface area contributed by atoms with Gasteiger partial charge >= 0.3 is 0 Å². The van der Waals surface area contributed by atoms with Gasteiger partial charge in [0.15, 0.2) is 0 Å².